The molecule has 2 heterocycles. The predicted octanol–water partition coefficient (Wildman–Crippen LogP) is 1.29. The first-order valence-corrected chi connectivity index (χ1v) is 6.99. The van der Waals surface area contributed by atoms with Crippen LogP contribution in [0.5, 0.6) is 17.2 Å². The summed E-state index contributed by atoms with van der Waals surface area (Å²) in [4.78, 5) is 12.2. The zero-order valence-electron chi connectivity index (χ0n) is 12.2. The Morgan fingerprint density at radius 2 is 2.18 bits per heavy atom. The number of nitrogens with one attached hydrogen (secondary N) is 1. The summed E-state index contributed by atoms with van der Waals surface area (Å²) < 4.78 is 12.2. The van der Waals surface area contributed by atoms with Gasteiger partial charge in [-0.15, -0.1) is 0 Å². The number of hydrogen-bond acceptors (Lipinski definition) is 4. The van der Waals surface area contributed by atoms with E-state index >= 15 is 0 Å². The third-order valence-electron chi connectivity index (χ3n) is 3.54. The molecule has 0 saturated heterocycles. The van der Waals surface area contributed by atoms with Crippen LogP contribution in [0.4, 0.5) is 0 Å². The molecule has 22 heavy (non-hydrogen) atoms. The van der Waals surface area contributed by atoms with Crippen molar-refractivity contribution in [2.45, 2.75) is 19.5 Å². The normalized spacial score (nSPS) is 13.7. The van der Waals surface area contributed by atoms with Gasteiger partial charge in [0, 0.05) is 19.5 Å². The van der Waals surface area contributed by atoms with Gasteiger partial charge >= 0.3 is 0 Å². The van der Waals surface area contributed by atoms with E-state index in [0.29, 0.717) is 12.3 Å². The Morgan fingerprint density at radius 3 is 3.00 bits per heavy atom. The molecule has 1 aliphatic heterocycles. The zero-order chi connectivity index (χ0) is 15.5. The first kappa shape index (κ1) is 14.2. The van der Waals surface area contributed by atoms with Gasteiger partial charge < -0.3 is 19.9 Å². The van der Waals surface area contributed by atoms with Crippen molar-refractivity contribution < 1.29 is 23.9 Å². The Labute approximate surface area is 127 Å². The summed E-state index contributed by atoms with van der Waals surface area (Å²) in [7, 11) is 0. The number of nitrogens with zero attached hydrogens (tertiary/aromatic N) is 1. The van der Waals surface area contributed by atoms with E-state index in [9.17, 15) is 9.90 Å². The summed E-state index contributed by atoms with van der Waals surface area (Å²) in [6.45, 7) is 2.41. The molecule has 0 bridgehead atoms. The summed E-state index contributed by atoms with van der Waals surface area (Å²) in [5, 5.41) is 12.3. The lowest BCUT2D eigenvalue weighted by Gasteiger charge is -2.09. The maximum Gasteiger partial charge on any atom is 0.289 e. The molecule has 0 unspecified atom stereocenters. The second kappa shape index (κ2) is 5.93. The molecule has 6 nitrogen and oxygen atoms in total. The van der Waals surface area contributed by atoms with E-state index in [1.807, 2.05) is 18.2 Å². The van der Waals surface area contributed by atoms with Crippen molar-refractivity contribution in [2.75, 3.05) is 6.79 Å². The summed E-state index contributed by atoms with van der Waals surface area (Å²) in [6.07, 6.45) is 3.26. The largest absolute Gasteiger partial charge is 0.503 e. The van der Waals surface area contributed by atoms with Crippen molar-refractivity contribution in [3.63, 3.8) is 0 Å². The number of benzene rings is 1. The molecule has 1 aromatic heterocycles. The van der Waals surface area contributed by atoms with Crippen LogP contribution in [-0.2, 0) is 11.3 Å². The van der Waals surface area contributed by atoms with Crippen LogP contribution in [0.25, 0.3) is 0 Å². The lowest BCUT2D eigenvalue weighted by atomic mass is 10.2. The topological polar surface area (TPSA) is 71.7 Å². The molecule has 0 spiro atoms. The Balaban J connectivity index is 1.62. The number of aromatic hydroxyl groups is 1. The standard InChI is InChI=1S/C16H16N2O4/c1-11(18-6-2-3-13(19)9-18)16(20)17-8-12-4-5-14-15(7-12)22-10-21-14/h2-7,9,11H,8,10H2,1H3,(H-,17,19,20)/p+1/t11-/m0/s1. The SMILES string of the molecule is C[C@@H](C(=O)NCc1ccc2c(c1)OCO2)[n+]1cccc(O)c1. The number of ether oxygens (including phenoxy) is 2. The van der Waals surface area contributed by atoms with Crippen molar-refractivity contribution >= 4 is 5.91 Å². The Bertz CT molecular complexity index is 702. The number of amides is 1. The van der Waals surface area contributed by atoms with Crippen LogP contribution < -0.4 is 19.4 Å². The summed E-state index contributed by atoms with van der Waals surface area (Å²) in [5.74, 6) is 1.41. The molecule has 1 amide bonds. The highest BCUT2D eigenvalue weighted by Crippen LogP contribution is 2.32. The fourth-order valence-corrected chi connectivity index (χ4v) is 2.24. The third kappa shape index (κ3) is 2.95. The van der Waals surface area contributed by atoms with Crippen LogP contribution in [0.15, 0.2) is 42.7 Å². The molecule has 1 atom stereocenters. The molecule has 1 aromatic carbocycles. The van der Waals surface area contributed by atoms with E-state index in [1.165, 1.54) is 6.20 Å². The second-order valence-electron chi connectivity index (χ2n) is 5.09. The van der Waals surface area contributed by atoms with Crippen LogP contribution in [-0.4, -0.2) is 17.8 Å². The quantitative estimate of drug-likeness (QED) is 0.835. The van der Waals surface area contributed by atoms with Crippen LogP contribution >= 0.6 is 0 Å². The fraction of sp³-hybridized carbons (Fsp3) is 0.250. The third-order valence-corrected chi connectivity index (χ3v) is 3.54. The molecular weight excluding hydrogens is 284 g/mol. The van der Waals surface area contributed by atoms with Gasteiger partial charge in [-0.05, 0) is 23.8 Å². The van der Waals surface area contributed by atoms with E-state index in [4.69, 9.17) is 9.47 Å². The van der Waals surface area contributed by atoms with Crippen LogP contribution in [0.3, 0.4) is 0 Å². The number of carbonyl (C=O) groups excluding carboxylic acids is 1. The Kier molecular flexibility index (Phi) is 3.82. The van der Waals surface area contributed by atoms with Crippen molar-refractivity contribution in [3.8, 4) is 17.2 Å². The minimum Gasteiger partial charge on any atom is -0.503 e. The number of rotatable bonds is 4. The molecule has 0 aliphatic carbocycles. The van der Waals surface area contributed by atoms with Gasteiger partial charge in [0.25, 0.3) is 5.91 Å². The molecule has 0 saturated carbocycles. The minimum absolute atomic E-state index is 0.123. The van der Waals surface area contributed by atoms with Gasteiger partial charge in [-0.3, -0.25) is 4.79 Å². The van der Waals surface area contributed by atoms with Gasteiger partial charge in [0.15, 0.2) is 23.4 Å². The van der Waals surface area contributed by atoms with Crippen molar-refractivity contribution in [3.05, 3.63) is 48.3 Å². The monoisotopic (exact) mass is 301 g/mol. The highest BCUT2D eigenvalue weighted by molar-refractivity contribution is 5.78. The van der Waals surface area contributed by atoms with Gasteiger partial charge in [0.1, 0.15) is 0 Å². The number of fused-ring (bicyclic) bond motifs is 1. The molecular formula is C16H17N2O4+. The van der Waals surface area contributed by atoms with E-state index in [1.54, 1.807) is 29.8 Å². The summed E-state index contributed by atoms with van der Waals surface area (Å²) in [5.41, 5.74) is 0.936. The van der Waals surface area contributed by atoms with Gasteiger partial charge in [-0.1, -0.05) is 6.07 Å². The Morgan fingerprint density at radius 1 is 1.36 bits per heavy atom. The van der Waals surface area contributed by atoms with E-state index in [2.05, 4.69) is 5.32 Å². The summed E-state index contributed by atoms with van der Waals surface area (Å²) >= 11 is 0. The van der Waals surface area contributed by atoms with Crippen LogP contribution in [0.1, 0.15) is 18.5 Å². The van der Waals surface area contributed by atoms with Gasteiger partial charge in [0.2, 0.25) is 19.0 Å². The maximum atomic E-state index is 12.2. The molecule has 2 aromatic rings. The number of carbonyl (C=O) groups is 1. The highest BCUT2D eigenvalue weighted by Gasteiger charge is 2.22. The average molecular weight is 301 g/mol. The van der Waals surface area contributed by atoms with Gasteiger partial charge in [-0.2, -0.15) is 4.57 Å². The zero-order valence-corrected chi connectivity index (χ0v) is 12.2. The number of hydrogen-bond donors (Lipinski definition) is 2. The molecule has 0 fully saturated rings. The molecule has 6 heteroatoms. The first-order chi connectivity index (χ1) is 10.6. The fourth-order valence-electron chi connectivity index (χ4n) is 2.24. The minimum atomic E-state index is -0.416. The smallest absolute Gasteiger partial charge is 0.289 e. The van der Waals surface area contributed by atoms with Crippen LogP contribution in [0.2, 0.25) is 0 Å². The molecule has 3 rings (SSSR count). The summed E-state index contributed by atoms with van der Waals surface area (Å²) in [6, 6.07) is 8.41. The maximum absolute atomic E-state index is 12.2. The van der Waals surface area contributed by atoms with E-state index < -0.39 is 6.04 Å². The van der Waals surface area contributed by atoms with Gasteiger partial charge in [0.05, 0.1) is 0 Å². The number of pyridine rings is 1. The average Bonchev–Trinajstić information content (AvgIpc) is 2.99. The Hall–Kier alpha value is -2.76. The molecule has 2 N–H and O–H groups in total. The molecule has 1 aliphatic rings. The van der Waals surface area contributed by atoms with E-state index in [-0.39, 0.29) is 18.4 Å². The van der Waals surface area contributed by atoms with Crippen molar-refractivity contribution in [1.82, 2.24) is 5.32 Å². The van der Waals surface area contributed by atoms with E-state index in [0.717, 1.165) is 11.3 Å². The molecule has 114 valence electrons. The second-order valence-corrected chi connectivity index (χ2v) is 5.09. The lowest BCUT2D eigenvalue weighted by Crippen LogP contribution is -2.46. The predicted molar refractivity (Wildman–Crippen MR) is 77.4 cm³/mol. The number of aromatic nitrogens is 1. The van der Waals surface area contributed by atoms with Crippen LogP contribution in [0, 0.1) is 0 Å². The molecule has 0 radical (unpaired) electrons. The first-order valence-electron chi connectivity index (χ1n) is 6.99. The van der Waals surface area contributed by atoms with Crippen molar-refractivity contribution in [1.29, 1.82) is 0 Å². The lowest BCUT2D eigenvalue weighted by molar-refractivity contribution is -0.706. The van der Waals surface area contributed by atoms with Gasteiger partial charge in [-0.25, -0.2) is 0 Å². The highest BCUT2D eigenvalue weighted by atomic mass is 16.7. The van der Waals surface area contributed by atoms with Crippen molar-refractivity contribution in [2.24, 2.45) is 0 Å².